The SMILES string of the molecule is CC(C)Cc1cc2c(-c3cc(C(C)(C)C)cc(C(C)(C)C)c3)c(-c3ccccc3)ccc2[cH-]1.[Cl][Zr+2][Cl].[c-]1cccc2c1[Si]c1ccccc1-2. The van der Waals surface area contributed by atoms with Crippen molar-refractivity contribution in [1.82, 2.24) is 0 Å². The maximum atomic E-state index is 4.93. The topological polar surface area (TPSA) is 0 Å². The number of rotatable bonds is 4. The fourth-order valence-electron chi connectivity index (χ4n) is 6.47. The van der Waals surface area contributed by atoms with Crippen molar-refractivity contribution >= 4 is 47.7 Å². The summed E-state index contributed by atoms with van der Waals surface area (Å²) in [6, 6.07) is 45.8. The first-order valence-corrected chi connectivity index (χ1v) is 24.4. The molecule has 6 aromatic rings. The van der Waals surface area contributed by atoms with E-state index in [1.165, 1.54) is 71.2 Å². The van der Waals surface area contributed by atoms with Crippen LogP contribution in [0.1, 0.15) is 72.1 Å². The molecule has 0 fully saturated rings. The molecule has 6 aromatic carbocycles. The molecule has 0 saturated carbocycles. The molecule has 0 unspecified atom stereocenters. The van der Waals surface area contributed by atoms with Crippen LogP contribution in [0.5, 0.6) is 0 Å². The number of fused-ring (bicyclic) bond motifs is 4. The van der Waals surface area contributed by atoms with Gasteiger partial charge in [0.1, 0.15) is 0 Å². The molecule has 49 heavy (non-hydrogen) atoms. The molecule has 0 amide bonds. The molecule has 0 N–H and O–H groups in total. The van der Waals surface area contributed by atoms with Gasteiger partial charge in [-0.3, -0.25) is 0 Å². The standard InChI is InChI=1S/C33H39.C12H7Si.2ClH.Zr/c1-22(2)16-23-17-25-14-15-29(24-12-10-9-11-13-24)31(30(25)18-23)26-19-27(32(3,4)5)21-28(20-26)33(6,7)8;1-3-7-11-9(5-1)10-6-2-4-8-12(10)13-11;;;/h9-15,17-22H,16H2,1-8H3;1-7H;2*1H;/q2*-1;;;+4/p-2. The van der Waals surface area contributed by atoms with E-state index >= 15 is 0 Å². The van der Waals surface area contributed by atoms with Gasteiger partial charge < -0.3 is 0 Å². The van der Waals surface area contributed by atoms with Crippen LogP contribution in [0.2, 0.25) is 0 Å². The minimum Gasteiger partial charge on any atom is -0.184 e. The minimum atomic E-state index is -0.826. The normalized spacial score (nSPS) is 12.0. The van der Waals surface area contributed by atoms with Crippen LogP contribution in [-0.2, 0) is 38.1 Å². The molecule has 1 heterocycles. The van der Waals surface area contributed by atoms with E-state index in [0.717, 1.165) is 15.9 Å². The predicted molar refractivity (Wildman–Crippen MR) is 214 cm³/mol. The molecule has 7 rings (SSSR count). The van der Waals surface area contributed by atoms with Crippen molar-refractivity contribution in [3.63, 3.8) is 0 Å². The molecule has 0 aliphatic carbocycles. The Kier molecular flexibility index (Phi) is 12.4. The van der Waals surface area contributed by atoms with E-state index in [0.29, 0.717) is 5.92 Å². The van der Waals surface area contributed by atoms with Gasteiger partial charge in [0.15, 0.2) is 0 Å². The van der Waals surface area contributed by atoms with Crippen LogP contribution in [0, 0.1) is 12.0 Å². The predicted octanol–water partition coefficient (Wildman–Crippen LogP) is 12.2. The van der Waals surface area contributed by atoms with Crippen molar-refractivity contribution in [3.8, 4) is 33.4 Å². The van der Waals surface area contributed by atoms with Crippen LogP contribution in [0.4, 0.5) is 0 Å². The third kappa shape index (κ3) is 9.20. The van der Waals surface area contributed by atoms with Crippen LogP contribution in [0.25, 0.3) is 44.2 Å². The maximum absolute atomic E-state index is 4.93. The van der Waals surface area contributed by atoms with Crippen molar-refractivity contribution in [2.45, 2.75) is 72.6 Å². The molecule has 4 heteroatoms. The van der Waals surface area contributed by atoms with E-state index in [4.69, 9.17) is 17.0 Å². The van der Waals surface area contributed by atoms with Crippen LogP contribution >= 0.6 is 17.0 Å². The Bertz CT molecular complexity index is 1930. The molecule has 248 valence electrons. The summed E-state index contributed by atoms with van der Waals surface area (Å²) in [7, 11) is 10.7. The first-order valence-electron chi connectivity index (χ1n) is 17.1. The van der Waals surface area contributed by atoms with Crippen LogP contribution in [0.3, 0.4) is 0 Å². The summed E-state index contributed by atoms with van der Waals surface area (Å²) in [5.74, 6) is 0.649. The summed E-state index contributed by atoms with van der Waals surface area (Å²) in [6.45, 7) is 18.5. The fraction of sp³-hybridized carbons (Fsp3) is 0.267. The van der Waals surface area contributed by atoms with Crippen molar-refractivity contribution in [2.24, 2.45) is 5.92 Å². The van der Waals surface area contributed by atoms with E-state index in [1.54, 1.807) is 0 Å². The zero-order chi connectivity index (χ0) is 35.3. The van der Waals surface area contributed by atoms with Gasteiger partial charge in [0.2, 0.25) is 0 Å². The van der Waals surface area contributed by atoms with E-state index in [2.05, 4.69) is 171 Å². The number of benzene rings is 5. The summed E-state index contributed by atoms with van der Waals surface area (Å²) in [5, 5.41) is 5.54. The van der Waals surface area contributed by atoms with Crippen LogP contribution in [-0.4, -0.2) is 9.52 Å². The van der Waals surface area contributed by atoms with Gasteiger partial charge >= 0.3 is 37.9 Å². The van der Waals surface area contributed by atoms with Crippen molar-refractivity contribution in [3.05, 3.63) is 138 Å². The van der Waals surface area contributed by atoms with Gasteiger partial charge in [-0.1, -0.05) is 151 Å². The number of hydrogen-bond acceptors (Lipinski definition) is 0. The molecule has 0 aromatic heterocycles. The van der Waals surface area contributed by atoms with Crippen LogP contribution in [0.15, 0.2) is 115 Å². The smallest absolute Gasteiger partial charge is 0.0920 e. The Morgan fingerprint density at radius 2 is 1.31 bits per heavy atom. The number of hydrogen-bond donors (Lipinski definition) is 0. The van der Waals surface area contributed by atoms with Gasteiger partial charge in [-0.2, -0.15) is 35.5 Å². The molecular formula is C45H46Cl2SiZr. The molecular weight excluding hydrogens is 731 g/mol. The van der Waals surface area contributed by atoms with E-state index in [9.17, 15) is 0 Å². The quantitative estimate of drug-likeness (QED) is 0.123. The Morgan fingerprint density at radius 1 is 0.694 bits per heavy atom. The summed E-state index contributed by atoms with van der Waals surface area (Å²) >= 11 is -0.826. The first kappa shape index (κ1) is 37.6. The summed E-state index contributed by atoms with van der Waals surface area (Å²) in [5.41, 5.74) is 12.5. The molecule has 0 spiro atoms. The molecule has 0 saturated heterocycles. The zero-order valence-corrected chi connectivity index (χ0v) is 35.0. The Hall–Kier alpha value is -2.61. The van der Waals surface area contributed by atoms with Gasteiger partial charge in [-0.05, 0) is 51.0 Å². The Morgan fingerprint density at radius 3 is 1.94 bits per heavy atom. The van der Waals surface area contributed by atoms with Gasteiger partial charge in [-0.25, -0.2) is 0 Å². The molecule has 1 aliphatic rings. The second-order valence-corrected chi connectivity index (χ2v) is 20.3. The third-order valence-electron chi connectivity index (χ3n) is 8.97. The zero-order valence-electron chi connectivity index (χ0n) is 30.0. The van der Waals surface area contributed by atoms with Crippen molar-refractivity contribution in [1.29, 1.82) is 0 Å². The molecule has 0 nitrogen and oxygen atoms in total. The van der Waals surface area contributed by atoms with E-state index in [1.807, 2.05) is 6.07 Å². The average Bonchev–Trinajstić information content (AvgIpc) is 3.65. The molecule has 2 radical (unpaired) electrons. The second-order valence-electron chi connectivity index (χ2n) is 15.3. The first-order chi connectivity index (χ1) is 23.3. The van der Waals surface area contributed by atoms with Gasteiger partial charge in [-0.15, -0.1) is 34.0 Å². The summed E-state index contributed by atoms with van der Waals surface area (Å²) in [6.07, 6.45) is 1.12. The summed E-state index contributed by atoms with van der Waals surface area (Å²) < 4.78 is 0. The second kappa shape index (κ2) is 16.2. The monoisotopic (exact) mass is 774 g/mol. The van der Waals surface area contributed by atoms with E-state index < -0.39 is 20.8 Å². The maximum Gasteiger partial charge on any atom is 0.0920 e. The van der Waals surface area contributed by atoms with E-state index in [-0.39, 0.29) is 10.8 Å². The van der Waals surface area contributed by atoms with Gasteiger partial charge in [0.25, 0.3) is 0 Å². The summed E-state index contributed by atoms with van der Waals surface area (Å²) in [4.78, 5) is 0. The average molecular weight is 777 g/mol. The molecule has 1 aliphatic heterocycles. The molecule has 0 bridgehead atoms. The van der Waals surface area contributed by atoms with Gasteiger partial charge in [0.05, 0.1) is 9.52 Å². The van der Waals surface area contributed by atoms with Crippen molar-refractivity contribution < 1.29 is 20.8 Å². The van der Waals surface area contributed by atoms with Crippen molar-refractivity contribution in [2.75, 3.05) is 0 Å². The largest absolute Gasteiger partial charge is 0.184 e. The Balaban J connectivity index is 0.000000239. The minimum absolute atomic E-state index is 0.0889. The fourth-order valence-corrected chi connectivity index (χ4v) is 7.78. The third-order valence-corrected chi connectivity index (χ3v) is 10.3. The number of halogens is 2. The van der Waals surface area contributed by atoms with Gasteiger partial charge in [0, 0.05) is 0 Å². The molecule has 0 atom stereocenters. The van der Waals surface area contributed by atoms with Crippen LogP contribution < -0.4 is 10.4 Å². The Labute approximate surface area is 316 Å².